The molecule has 6 heteroatoms. The van der Waals surface area contributed by atoms with E-state index in [4.69, 9.17) is 11.6 Å². The number of hydrogen-bond donors (Lipinski definition) is 1. The number of carbonyl (C=O) groups is 1. The summed E-state index contributed by atoms with van der Waals surface area (Å²) in [5.41, 5.74) is 2.14. The van der Waals surface area contributed by atoms with Gasteiger partial charge >= 0.3 is 0 Å². The highest BCUT2D eigenvalue weighted by Gasteiger charge is 2.25. The van der Waals surface area contributed by atoms with E-state index in [-0.39, 0.29) is 18.0 Å². The quantitative estimate of drug-likeness (QED) is 0.943. The standard InChI is InChI=1S/C16H16ClN3O2/c1-10-8-12(4-5-13(10)17)18-15(21)9-20-16(22)7-6-14(19-20)11-2-3-11/h4-8,11H,2-3,9H2,1H3,(H,18,21). The van der Waals surface area contributed by atoms with Gasteiger partial charge in [-0.25, -0.2) is 4.68 Å². The van der Waals surface area contributed by atoms with Gasteiger partial charge in [-0.05, 0) is 49.6 Å². The van der Waals surface area contributed by atoms with Gasteiger partial charge in [0.15, 0.2) is 0 Å². The maximum absolute atomic E-state index is 12.1. The van der Waals surface area contributed by atoms with Crippen molar-refractivity contribution in [1.82, 2.24) is 9.78 Å². The summed E-state index contributed by atoms with van der Waals surface area (Å²) in [6.07, 6.45) is 2.20. The molecule has 1 heterocycles. The number of amides is 1. The molecule has 1 saturated carbocycles. The lowest BCUT2D eigenvalue weighted by Crippen LogP contribution is -2.29. The Hall–Kier alpha value is -2.14. The van der Waals surface area contributed by atoms with Crippen LogP contribution in [-0.2, 0) is 11.3 Å². The summed E-state index contributed by atoms with van der Waals surface area (Å²) in [6, 6.07) is 8.46. The fourth-order valence-corrected chi connectivity index (χ4v) is 2.35. The fourth-order valence-electron chi connectivity index (χ4n) is 2.23. The van der Waals surface area contributed by atoms with Crippen LogP contribution in [0.2, 0.25) is 5.02 Å². The van der Waals surface area contributed by atoms with Crippen molar-refractivity contribution in [2.75, 3.05) is 5.32 Å². The number of benzene rings is 1. The minimum absolute atomic E-state index is 0.0962. The van der Waals surface area contributed by atoms with Crippen LogP contribution in [0.15, 0.2) is 35.1 Å². The van der Waals surface area contributed by atoms with Gasteiger partial charge in [0.25, 0.3) is 5.56 Å². The van der Waals surface area contributed by atoms with E-state index in [9.17, 15) is 9.59 Å². The SMILES string of the molecule is Cc1cc(NC(=O)Cn2nc(C3CC3)ccc2=O)ccc1Cl. The first kappa shape index (κ1) is 14.8. The number of aromatic nitrogens is 2. The Labute approximate surface area is 132 Å². The van der Waals surface area contributed by atoms with Gasteiger partial charge in [-0.1, -0.05) is 11.6 Å². The third-order valence-corrected chi connectivity index (χ3v) is 4.04. The second-order valence-electron chi connectivity index (χ2n) is 5.54. The van der Waals surface area contributed by atoms with E-state index < -0.39 is 0 Å². The average molecular weight is 318 g/mol. The Bertz CT molecular complexity index is 781. The van der Waals surface area contributed by atoms with E-state index >= 15 is 0 Å². The highest BCUT2D eigenvalue weighted by Crippen LogP contribution is 2.38. The molecule has 1 fully saturated rings. The minimum atomic E-state index is -0.288. The number of nitrogens with one attached hydrogen (secondary N) is 1. The third-order valence-electron chi connectivity index (χ3n) is 3.62. The van der Waals surface area contributed by atoms with Gasteiger partial charge in [-0.2, -0.15) is 5.10 Å². The first-order valence-corrected chi connectivity index (χ1v) is 7.55. The van der Waals surface area contributed by atoms with E-state index in [0.717, 1.165) is 24.1 Å². The molecule has 5 nitrogen and oxygen atoms in total. The maximum Gasteiger partial charge on any atom is 0.267 e. The lowest BCUT2D eigenvalue weighted by molar-refractivity contribution is -0.117. The maximum atomic E-state index is 12.1. The van der Waals surface area contributed by atoms with Crippen LogP contribution >= 0.6 is 11.6 Å². The average Bonchev–Trinajstić information content (AvgIpc) is 3.30. The van der Waals surface area contributed by atoms with Crippen LogP contribution in [0.5, 0.6) is 0 Å². The summed E-state index contributed by atoms with van der Waals surface area (Å²) in [7, 11) is 0. The summed E-state index contributed by atoms with van der Waals surface area (Å²) in [5.74, 6) is 0.151. The molecule has 1 aromatic carbocycles. The normalized spacial score (nSPS) is 13.9. The molecule has 1 aromatic heterocycles. The minimum Gasteiger partial charge on any atom is -0.324 e. The summed E-state index contributed by atoms with van der Waals surface area (Å²) < 4.78 is 1.21. The highest BCUT2D eigenvalue weighted by molar-refractivity contribution is 6.31. The second-order valence-corrected chi connectivity index (χ2v) is 5.95. The zero-order valence-corrected chi connectivity index (χ0v) is 12.9. The molecule has 0 saturated heterocycles. The number of carbonyl (C=O) groups excluding carboxylic acids is 1. The molecule has 1 amide bonds. The van der Waals surface area contributed by atoms with Crippen molar-refractivity contribution in [3.63, 3.8) is 0 Å². The van der Waals surface area contributed by atoms with E-state index in [1.807, 2.05) is 6.92 Å². The molecule has 0 atom stereocenters. The van der Waals surface area contributed by atoms with Gasteiger partial charge in [-0.3, -0.25) is 9.59 Å². The predicted octanol–water partition coefficient (Wildman–Crippen LogP) is 2.72. The zero-order chi connectivity index (χ0) is 15.7. The van der Waals surface area contributed by atoms with E-state index in [1.165, 1.54) is 10.7 Å². The van der Waals surface area contributed by atoms with E-state index in [0.29, 0.717) is 16.6 Å². The van der Waals surface area contributed by atoms with Gasteiger partial charge in [-0.15, -0.1) is 0 Å². The van der Waals surface area contributed by atoms with Crippen LogP contribution < -0.4 is 10.9 Å². The fraction of sp³-hybridized carbons (Fsp3) is 0.312. The Kier molecular flexibility index (Phi) is 3.98. The Morgan fingerprint density at radius 2 is 2.14 bits per heavy atom. The summed E-state index contributed by atoms with van der Waals surface area (Å²) in [4.78, 5) is 23.9. The molecule has 1 aliphatic rings. The van der Waals surface area contributed by atoms with Crippen molar-refractivity contribution in [3.8, 4) is 0 Å². The molecule has 22 heavy (non-hydrogen) atoms. The Morgan fingerprint density at radius 1 is 1.36 bits per heavy atom. The Morgan fingerprint density at radius 3 is 2.82 bits per heavy atom. The molecule has 0 radical (unpaired) electrons. The van der Waals surface area contributed by atoms with Gasteiger partial charge in [0.05, 0.1) is 5.69 Å². The predicted molar refractivity (Wildman–Crippen MR) is 85.3 cm³/mol. The number of halogens is 1. The summed E-state index contributed by atoms with van der Waals surface area (Å²) in [5, 5.41) is 7.67. The van der Waals surface area contributed by atoms with Gasteiger partial charge < -0.3 is 5.32 Å². The van der Waals surface area contributed by atoms with Gasteiger partial charge in [0.2, 0.25) is 5.91 Å². The largest absolute Gasteiger partial charge is 0.324 e. The zero-order valence-electron chi connectivity index (χ0n) is 12.2. The lowest BCUT2D eigenvalue weighted by atomic mass is 10.2. The molecule has 0 bridgehead atoms. The van der Waals surface area contributed by atoms with Crippen molar-refractivity contribution in [3.05, 3.63) is 57.0 Å². The summed E-state index contributed by atoms with van der Waals surface area (Å²) in [6.45, 7) is 1.77. The van der Waals surface area contributed by atoms with Crippen molar-refractivity contribution >= 4 is 23.2 Å². The Balaban J connectivity index is 1.72. The van der Waals surface area contributed by atoms with Gasteiger partial charge in [0.1, 0.15) is 6.54 Å². The van der Waals surface area contributed by atoms with E-state index in [2.05, 4.69) is 10.4 Å². The molecule has 1 aliphatic carbocycles. The van der Waals surface area contributed by atoms with Crippen LogP contribution in [0, 0.1) is 6.92 Å². The van der Waals surface area contributed by atoms with Crippen molar-refractivity contribution < 1.29 is 4.79 Å². The molecule has 0 spiro atoms. The highest BCUT2D eigenvalue weighted by atomic mass is 35.5. The molecule has 2 aromatic rings. The molecular weight excluding hydrogens is 302 g/mol. The molecule has 114 valence electrons. The number of aryl methyl sites for hydroxylation is 1. The van der Waals surface area contributed by atoms with Crippen LogP contribution in [0.25, 0.3) is 0 Å². The molecular formula is C16H16ClN3O2. The van der Waals surface area contributed by atoms with Crippen LogP contribution in [-0.4, -0.2) is 15.7 Å². The molecule has 0 aliphatic heterocycles. The monoisotopic (exact) mass is 317 g/mol. The number of rotatable bonds is 4. The van der Waals surface area contributed by atoms with Crippen LogP contribution in [0.3, 0.4) is 0 Å². The van der Waals surface area contributed by atoms with Gasteiger partial charge in [0, 0.05) is 22.7 Å². The van der Waals surface area contributed by atoms with Crippen molar-refractivity contribution in [2.24, 2.45) is 0 Å². The third kappa shape index (κ3) is 3.36. The molecule has 1 N–H and O–H groups in total. The number of nitrogens with zero attached hydrogens (tertiary/aromatic N) is 2. The van der Waals surface area contributed by atoms with Crippen molar-refractivity contribution in [1.29, 1.82) is 0 Å². The van der Waals surface area contributed by atoms with Crippen LogP contribution in [0.4, 0.5) is 5.69 Å². The molecule has 3 rings (SSSR count). The first-order chi connectivity index (χ1) is 10.5. The van der Waals surface area contributed by atoms with E-state index in [1.54, 1.807) is 24.3 Å². The lowest BCUT2D eigenvalue weighted by Gasteiger charge is -2.09. The molecule has 0 unspecified atom stereocenters. The number of anilines is 1. The topological polar surface area (TPSA) is 64.0 Å². The smallest absolute Gasteiger partial charge is 0.267 e. The number of hydrogen-bond acceptors (Lipinski definition) is 3. The first-order valence-electron chi connectivity index (χ1n) is 7.17. The summed E-state index contributed by atoms with van der Waals surface area (Å²) >= 11 is 5.95. The second kappa shape index (κ2) is 5.93. The van der Waals surface area contributed by atoms with Crippen molar-refractivity contribution in [2.45, 2.75) is 32.2 Å². The van der Waals surface area contributed by atoms with Crippen LogP contribution in [0.1, 0.15) is 30.0 Å².